The van der Waals surface area contributed by atoms with Gasteiger partial charge in [0.05, 0.1) is 6.61 Å². The van der Waals surface area contributed by atoms with E-state index in [4.69, 9.17) is 14.5 Å². The maximum Gasteiger partial charge on any atom is 0.483 e. The van der Waals surface area contributed by atoms with Crippen molar-refractivity contribution in [3.63, 3.8) is 0 Å². The Bertz CT molecular complexity index is 231. The van der Waals surface area contributed by atoms with Crippen LogP contribution >= 0.6 is 0 Å². The predicted molar refractivity (Wildman–Crippen MR) is 67.1 cm³/mol. The number of hydrogen-bond acceptors (Lipinski definition) is 3. The van der Waals surface area contributed by atoms with E-state index in [0.717, 1.165) is 0 Å². The summed E-state index contributed by atoms with van der Waals surface area (Å²) in [5, 5.41) is 17.9. The van der Waals surface area contributed by atoms with Gasteiger partial charge in [0.25, 0.3) is 0 Å². The second-order valence-electron chi connectivity index (χ2n) is 5.39. The third-order valence-corrected chi connectivity index (χ3v) is 7.56. The Morgan fingerprint density at radius 2 is 1.80 bits per heavy atom. The maximum atomic E-state index is 8.85. The largest absolute Gasteiger partial charge is 0.483 e. The SMILES string of the molecule is C/C(=C\CO[Si](C)(C)C(C)(C)C)B(O)O. The molecule has 0 fully saturated rings. The Balaban J connectivity index is 4.24. The minimum Gasteiger partial charge on any atom is -0.423 e. The quantitative estimate of drug-likeness (QED) is 0.726. The molecule has 0 spiro atoms. The van der Waals surface area contributed by atoms with Crippen molar-refractivity contribution >= 4 is 15.4 Å². The zero-order chi connectivity index (χ0) is 12.3. The molecule has 88 valence electrons. The van der Waals surface area contributed by atoms with Gasteiger partial charge in [0.2, 0.25) is 0 Å². The van der Waals surface area contributed by atoms with E-state index in [1.54, 1.807) is 13.0 Å². The molecular formula is C10H23BO3Si. The second-order valence-corrected chi connectivity index (χ2v) is 10.2. The van der Waals surface area contributed by atoms with Gasteiger partial charge in [0, 0.05) is 0 Å². The monoisotopic (exact) mass is 230 g/mol. The second kappa shape index (κ2) is 5.30. The van der Waals surface area contributed by atoms with Crippen LogP contribution in [-0.4, -0.2) is 32.1 Å². The van der Waals surface area contributed by atoms with Crippen LogP contribution < -0.4 is 0 Å². The van der Waals surface area contributed by atoms with E-state index in [-0.39, 0.29) is 5.04 Å². The fraction of sp³-hybridized carbons (Fsp3) is 0.800. The molecule has 0 unspecified atom stereocenters. The molecule has 0 saturated heterocycles. The van der Waals surface area contributed by atoms with Gasteiger partial charge in [-0.3, -0.25) is 0 Å². The van der Waals surface area contributed by atoms with E-state index in [1.165, 1.54) is 0 Å². The molecule has 0 aromatic carbocycles. The normalized spacial score (nSPS) is 14.3. The summed E-state index contributed by atoms with van der Waals surface area (Å²) in [4.78, 5) is 0. The average Bonchev–Trinajstić information content (AvgIpc) is 2.01. The minimum atomic E-state index is -1.71. The Morgan fingerprint density at radius 1 is 1.33 bits per heavy atom. The van der Waals surface area contributed by atoms with Gasteiger partial charge < -0.3 is 14.5 Å². The lowest BCUT2D eigenvalue weighted by Gasteiger charge is -2.35. The Morgan fingerprint density at radius 3 is 2.13 bits per heavy atom. The summed E-state index contributed by atoms with van der Waals surface area (Å²) in [5.74, 6) is 0. The van der Waals surface area contributed by atoms with Crippen molar-refractivity contribution in [2.24, 2.45) is 0 Å². The van der Waals surface area contributed by atoms with Crippen LogP contribution in [0, 0.1) is 0 Å². The van der Waals surface area contributed by atoms with Gasteiger partial charge in [-0.2, -0.15) is 0 Å². The highest BCUT2D eigenvalue weighted by Gasteiger charge is 2.36. The first-order valence-electron chi connectivity index (χ1n) is 5.24. The summed E-state index contributed by atoms with van der Waals surface area (Å²) in [6, 6.07) is 0. The molecule has 0 aliphatic rings. The van der Waals surface area contributed by atoms with E-state index in [2.05, 4.69) is 33.9 Å². The molecule has 0 amide bonds. The van der Waals surface area contributed by atoms with Crippen molar-refractivity contribution in [2.75, 3.05) is 6.61 Å². The summed E-state index contributed by atoms with van der Waals surface area (Å²) in [5.41, 5.74) is 0.536. The summed E-state index contributed by atoms with van der Waals surface area (Å²) in [6.45, 7) is 13.0. The molecule has 3 nitrogen and oxygen atoms in total. The highest BCUT2D eigenvalue weighted by molar-refractivity contribution is 6.74. The predicted octanol–water partition coefficient (Wildman–Crippen LogP) is 1.97. The fourth-order valence-electron chi connectivity index (χ4n) is 0.703. The first kappa shape index (κ1) is 14.9. The van der Waals surface area contributed by atoms with E-state index < -0.39 is 15.4 Å². The molecule has 15 heavy (non-hydrogen) atoms. The molecule has 0 aliphatic heterocycles. The minimum absolute atomic E-state index is 0.187. The average molecular weight is 230 g/mol. The molecule has 0 atom stereocenters. The van der Waals surface area contributed by atoms with Crippen LogP contribution in [0.15, 0.2) is 11.5 Å². The van der Waals surface area contributed by atoms with Crippen LogP contribution in [0.25, 0.3) is 0 Å². The molecule has 0 rings (SSSR count). The number of hydrogen-bond donors (Lipinski definition) is 2. The first-order valence-corrected chi connectivity index (χ1v) is 8.15. The van der Waals surface area contributed by atoms with Crippen molar-refractivity contribution in [1.82, 2.24) is 0 Å². The first-order chi connectivity index (χ1) is 6.58. The highest BCUT2D eigenvalue weighted by Crippen LogP contribution is 2.36. The zero-order valence-electron chi connectivity index (χ0n) is 10.7. The van der Waals surface area contributed by atoms with Crippen LogP contribution in [0.4, 0.5) is 0 Å². The molecule has 0 saturated carbocycles. The topological polar surface area (TPSA) is 49.7 Å². The van der Waals surface area contributed by atoms with E-state index in [9.17, 15) is 0 Å². The van der Waals surface area contributed by atoms with Crippen LogP contribution in [0.2, 0.25) is 18.1 Å². The summed E-state index contributed by atoms with van der Waals surface area (Å²) < 4.78 is 5.86. The van der Waals surface area contributed by atoms with Gasteiger partial charge in [0.15, 0.2) is 8.32 Å². The fourth-order valence-corrected chi connectivity index (χ4v) is 1.64. The van der Waals surface area contributed by atoms with Crippen LogP contribution in [0.3, 0.4) is 0 Å². The Hall–Kier alpha value is -0.0982. The third kappa shape index (κ3) is 4.97. The standard InChI is InChI=1S/C10H23BO3Si/c1-9(11(12)13)7-8-14-15(5,6)10(2,3)4/h7,12-13H,8H2,1-6H3/b9-7+. The molecular weight excluding hydrogens is 207 g/mol. The molecule has 0 heterocycles. The lowest BCUT2D eigenvalue weighted by molar-refractivity contribution is 0.326. The van der Waals surface area contributed by atoms with Gasteiger partial charge >= 0.3 is 7.12 Å². The van der Waals surface area contributed by atoms with E-state index in [0.29, 0.717) is 12.1 Å². The van der Waals surface area contributed by atoms with Gasteiger partial charge in [0.1, 0.15) is 0 Å². The molecule has 0 aromatic rings. The van der Waals surface area contributed by atoms with Crippen LogP contribution in [0.1, 0.15) is 27.7 Å². The molecule has 5 heteroatoms. The van der Waals surface area contributed by atoms with Gasteiger partial charge in [-0.05, 0) is 30.5 Å². The molecule has 0 aromatic heterocycles. The van der Waals surface area contributed by atoms with Gasteiger partial charge in [-0.15, -0.1) is 0 Å². The van der Waals surface area contributed by atoms with E-state index >= 15 is 0 Å². The van der Waals surface area contributed by atoms with Crippen LogP contribution in [0.5, 0.6) is 0 Å². The molecule has 2 N–H and O–H groups in total. The smallest absolute Gasteiger partial charge is 0.423 e. The summed E-state index contributed by atoms with van der Waals surface area (Å²) >= 11 is 0. The Labute approximate surface area is 94.4 Å². The third-order valence-electron chi connectivity index (χ3n) is 3.06. The van der Waals surface area contributed by atoms with Crippen molar-refractivity contribution in [1.29, 1.82) is 0 Å². The molecule has 0 aliphatic carbocycles. The van der Waals surface area contributed by atoms with Gasteiger partial charge in [-0.25, -0.2) is 0 Å². The van der Waals surface area contributed by atoms with Crippen LogP contribution in [-0.2, 0) is 4.43 Å². The van der Waals surface area contributed by atoms with Crippen molar-refractivity contribution in [2.45, 2.75) is 45.8 Å². The lowest BCUT2D eigenvalue weighted by Crippen LogP contribution is -2.40. The number of rotatable bonds is 4. The summed E-state index contributed by atoms with van der Waals surface area (Å²) in [7, 11) is -3.08. The summed E-state index contributed by atoms with van der Waals surface area (Å²) in [6.07, 6.45) is 1.73. The van der Waals surface area contributed by atoms with Crippen molar-refractivity contribution < 1.29 is 14.5 Å². The highest BCUT2D eigenvalue weighted by atomic mass is 28.4. The van der Waals surface area contributed by atoms with E-state index in [1.807, 2.05) is 0 Å². The number of allylic oxidation sites excluding steroid dienone is 1. The molecule has 0 radical (unpaired) electrons. The maximum absolute atomic E-state index is 8.85. The lowest BCUT2D eigenvalue weighted by atomic mass is 9.81. The Kier molecular flexibility index (Phi) is 5.26. The van der Waals surface area contributed by atoms with Gasteiger partial charge in [-0.1, -0.05) is 26.8 Å². The van der Waals surface area contributed by atoms with Crippen molar-refractivity contribution in [3.8, 4) is 0 Å². The van der Waals surface area contributed by atoms with Crippen molar-refractivity contribution in [3.05, 3.63) is 11.5 Å². The zero-order valence-corrected chi connectivity index (χ0v) is 11.7. The molecule has 0 bridgehead atoms.